The van der Waals surface area contributed by atoms with Crippen LogP contribution in [-0.4, -0.2) is 31.6 Å². The Morgan fingerprint density at radius 2 is 1.77 bits per heavy atom. The summed E-state index contributed by atoms with van der Waals surface area (Å²) in [4.78, 5) is 31.7. The van der Waals surface area contributed by atoms with Crippen LogP contribution in [0.15, 0.2) is 83.0 Å². The van der Waals surface area contributed by atoms with Crippen LogP contribution in [0.4, 0.5) is 5.69 Å². The molecule has 1 aromatic heterocycles. The molecule has 0 radical (unpaired) electrons. The molecule has 1 amide bonds. The topological polar surface area (TPSA) is 74.9 Å². The Labute approximate surface area is 209 Å². The standard InChI is InChI=1S/C28H27N3O3S/c32-26-25(17-21-15-16-30(18-21)24-9-5-2-6-10-24)35-28(29-23-7-3-1-4-8-23)31(26)19-20-11-13-22(14-12-20)27(33)34/h1,3-4,7-8,11-18,24H,2,5-6,9-10,19H2,(H,33,34)/b25-17+,29-28?. The van der Waals surface area contributed by atoms with Gasteiger partial charge in [0, 0.05) is 18.4 Å². The molecule has 35 heavy (non-hydrogen) atoms. The summed E-state index contributed by atoms with van der Waals surface area (Å²) in [6, 6.07) is 18.8. The maximum absolute atomic E-state index is 13.5. The zero-order valence-corrected chi connectivity index (χ0v) is 20.2. The Bertz CT molecular complexity index is 1270. The number of carbonyl (C=O) groups is 2. The number of carbonyl (C=O) groups excluding carboxylic acids is 1. The van der Waals surface area contributed by atoms with Crippen LogP contribution in [0.25, 0.3) is 6.08 Å². The lowest BCUT2D eigenvalue weighted by molar-refractivity contribution is -0.122. The fraction of sp³-hybridized carbons (Fsp3) is 0.250. The molecule has 2 fully saturated rings. The first-order chi connectivity index (χ1) is 17.1. The normalized spacial score (nSPS) is 19.1. The minimum atomic E-state index is -0.971. The van der Waals surface area contributed by atoms with Gasteiger partial charge in [-0.2, -0.15) is 0 Å². The lowest BCUT2D eigenvalue weighted by atomic mass is 9.95. The van der Waals surface area contributed by atoms with Crippen molar-refractivity contribution in [2.75, 3.05) is 0 Å². The van der Waals surface area contributed by atoms with Crippen molar-refractivity contribution in [1.82, 2.24) is 9.47 Å². The van der Waals surface area contributed by atoms with E-state index in [1.54, 1.807) is 29.2 Å². The molecular formula is C28H27N3O3S. The van der Waals surface area contributed by atoms with Gasteiger partial charge in [0.05, 0.1) is 22.7 Å². The zero-order valence-electron chi connectivity index (χ0n) is 19.3. The third kappa shape index (κ3) is 5.41. The number of hydrogen-bond donors (Lipinski definition) is 1. The molecule has 5 rings (SSSR count). The van der Waals surface area contributed by atoms with Crippen LogP contribution in [0.3, 0.4) is 0 Å². The fourth-order valence-corrected chi connectivity index (χ4v) is 5.55. The highest BCUT2D eigenvalue weighted by Crippen LogP contribution is 2.36. The van der Waals surface area contributed by atoms with Gasteiger partial charge >= 0.3 is 5.97 Å². The summed E-state index contributed by atoms with van der Waals surface area (Å²) >= 11 is 1.37. The smallest absolute Gasteiger partial charge is 0.335 e. The second-order valence-corrected chi connectivity index (χ2v) is 9.93. The molecule has 1 saturated heterocycles. The van der Waals surface area contributed by atoms with Crippen molar-refractivity contribution < 1.29 is 14.7 Å². The Morgan fingerprint density at radius 3 is 2.49 bits per heavy atom. The van der Waals surface area contributed by atoms with Gasteiger partial charge in [0.1, 0.15) is 0 Å². The number of aromatic carboxylic acids is 1. The molecule has 1 aliphatic carbocycles. The molecule has 1 aliphatic heterocycles. The van der Waals surface area contributed by atoms with Gasteiger partial charge < -0.3 is 9.67 Å². The molecule has 178 valence electrons. The highest BCUT2D eigenvalue weighted by atomic mass is 32.2. The van der Waals surface area contributed by atoms with Crippen molar-refractivity contribution in [1.29, 1.82) is 0 Å². The van der Waals surface area contributed by atoms with Crippen LogP contribution in [0.5, 0.6) is 0 Å². The number of nitrogens with zero attached hydrogens (tertiary/aromatic N) is 3. The lowest BCUT2D eigenvalue weighted by Gasteiger charge is -2.23. The maximum Gasteiger partial charge on any atom is 0.335 e. The average molecular weight is 486 g/mol. The predicted molar refractivity (Wildman–Crippen MR) is 140 cm³/mol. The van der Waals surface area contributed by atoms with Crippen molar-refractivity contribution in [3.05, 3.63) is 94.7 Å². The van der Waals surface area contributed by atoms with Gasteiger partial charge in [0.2, 0.25) is 0 Å². The van der Waals surface area contributed by atoms with Gasteiger partial charge in [0.25, 0.3) is 5.91 Å². The van der Waals surface area contributed by atoms with E-state index in [1.807, 2.05) is 36.4 Å². The number of amidine groups is 1. The number of carboxylic acid groups (broad SMARTS) is 1. The minimum absolute atomic E-state index is 0.0996. The van der Waals surface area contributed by atoms with Crippen molar-refractivity contribution in [3.8, 4) is 0 Å². The number of benzene rings is 2. The monoisotopic (exact) mass is 485 g/mol. The van der Waals surface area contributed by atoms with Gasteiger partial charge in [0.15, 0.2) is 5.17 Å². The number of carboxylic acids is 1. The molecule has 3 aromatic rings. The Kier molecular flexibility index (Phi) is 6.86. The second kappa shape index (κ2) is 10.4. The van der Waals surface area contributed by atoms with Crippen LogP contribution >= 0.6 is 11.8 Å². The first-order valence-electron chi connectivity index (χ1n) is 11.9. The van der Waals surface area contributed by atoms with Crippen LogP contribution in [0.2, 0.25) is 0 Å². The first-order valence-corrected chi connectivity index (χ1v) is 12.7. The Balaban J connectivity index is 1.42. The van der Waals surface area contributed by atoms with Crippen molar-refractivity contribution in [2.24, 2.45) is 4.99 Å². The maximum atomic E-state index is 13.5. The van der Waals surface area contributed by atoms with E-state index < -0.39 is 5.97 Å². The molecule has 0 unspecified atom stereocenters. The Morgan fingerprint density at radius 1 is 1.03 bits per heavy atom. The van der Waals surface area contributed by atoms with Crippen LogP contribution < -0.4 is 0 Å². The number of rotatable bonds is 6. The van der Waals surface area contributed by atoms with E-state index >= 15 is 0 Å². The molecule has 0 bridgehead atoms. The largest absolute Gasteiger partial charge is 0.478 e. The van der Waals surface area contributed by atoms with Crippen molar-refractivity contribution >= 4 is 40.6 Å². The molecular weight excluding hydrogens is 458 g/mol. The first kappa shape index (κ1) is 23.2. The number of aliphatic imine (C=N–C) groups is 1. The van der Waals surface area contributed by atoms with E-state index in [2.05, 4.69) is 23.0 Å². The molecule has 7 heteroatoms. The molecule has 0 spiro atoms. The third-order valence-corrected chi connectivity index (χ3v) is 7.45. The SMILES string of the molecule is O=C(O)c1ccc(CN2C(=O)/C(=C\c3ccn(C4CCCCC4)c3)SC2=Nc2ccccc2)cc1. The number of hydrogen-bond acceptors (Lipinski definition) is 4. The van der Waals surface area contributed by atoms with E-state index in [9.17, 15) is 14.7 Å². The number of aromatic nitrogens is 1. The van der Waals surface area contributed by atoms with E-state index in [0.717, 1.165) is 16.8 Å². The highest BCUT2D eigenvalue weighted by Gasteiger charge is 2.33. The quantitative estimate of drug-likeness (QED) is 0.405. The summed E-state index contributed by atoms with van der Waals surface area (Å²) in [6.07, 6.45) is 12.5. The zero-order chi connectivity index (χ0) is 24.2. The highest BCUT2D eigenvalue weighted by molar-refractivity contribution is 8.18. The van der Waals surface area contributed by atoms with Crippen molar-refractivity contribution in [3.63, 3.8) is 0 Å². The van der Waals surface area contributed by atoms with E-state index in [1.165, 1.54) is 43.9 Å². The summed E-state index contributed by atoms with van der Waals surface area (Å²) in [6.45, 7) is 0.317. The molecule has 0 atom stereocenters. The third-order valence-electron chi connectivity index (χ3n) is 6.44. The predicted octanol–water partition coefficient (Wildman–Crippen LogP) is 6.50. The van der Waals surface area contributed by atoms with Gasteiger partial charge in [-0.05, 0) is 72.1 Å². The lowest BCUT2D eigenvalue weighted by Crippen LogP contribution is -2.28. The van der Waals surface area contributed by atoms with Crippen LogP contribution in [-0.2, 0) is 11.3 Å². The Hall–Kier alpha value is -3.58. The van der Waals surface area contributed by atoms with E-state index in [0.29, 0.717) is 22.7 Å². The van der Waals surface area contributed by atoms with Crippen LogP contribution in [0, 0.1) is 0 Å². The second-order valence-electron chi connectivity index (χ2n) is 8.92. The molecule has 2 aliphatic rings. The number of thioether (sulfide) groups is 1. The fourth-order valence-electron chi connectivity index (χ4n) is 4.55. The number of amides is 1. The van der Waals surface area contributed by atoms with Crippen LogP contribution in [0.1, 0.15) is 59.6 Å². The van der Waals surface area contributed by atoms with E-state index in [-0.39, 0.29) is 11.5 Å². The van der Waals surface area contributed by atoms with E-state index in [4.69, 9.17) is 4.99 Å². The summed E-state index contributed by atoms with van der Waals surface area (Å²) in [7, 11) is 0. The van der Waals surface area contributed by atoms with Gasteiger partial charge in [-0.15, -0.1) is 0 Å². The summed E-state index contributed by atoms with van der Waals surface area (Å²) in [5, 5.41) is 9.78. The molecule has 2 aromatic carbocycles. The summed E-state index contributed by atoms with van der Waals surface area (Å²) in [5.41, 5.74) is 2.85. The summed E-state index contributed by atoms with van der Waals surface area (Å²) in [5.74, 6) is -1.07. The molecule has 1 saturated carbocycles. The minimum Gasteiger partial charge on any atom is -0.478 e. The molecule has 2 heterocycles. The van der Waals surface area contributed by atoms with Gasteiger partial charge in [-0.1, -0.05) is 49.6 Å². The molecule has 6 nitrogen and oxygen atoms in total. The van der Waals surface area contributed by atoms with Gasteiger partial charge in [-0.25, -0.2) is 9.79 Å². The summed E-state index contributed by atoms with van der Waals surface area (Å²) < 4.78 is 2.29. The number of para-hydroxylation sites is 1. The van der Waals surface area contributed by atoms with Crippen molar-refractivity contribution in [2.45, 2.75) is 44.7 Å². The average Bonchev–Trinajstić information content (AvgIpc) is 3.46. The molecule has 1 N–H and O–H groups in total. The van der Waals surface area contributed by atoms with Gasteiger partial charge in [-0.3, -0.25) is 9.69 Å².